The van der Waals surface area contributed by atoms with E-state index in [1.807, 2.05) is 0 Å². The van der Waals surface area contributed by atoms with E-state index in [0.29, 0.717) is 4.31 Å². The van der Waals surface area contributed by atoms with Gasteiger partial charge in [-0.1, -0.05) is 17.7 Å². The number of halogens is 1. The van der Waals surface area contributed by atoms with E-state index in [9.17, 15) is 22.4 Å². The molecule has 2 aromatic carbocycles. The van der Waals surface area contributed by atoms with Crippen molar-refractivity contribution in [3.05, 3.63) is 53.3 Å². The zero-order valence-corrected chi connectivity index (χ0v) is 14.8. The molecule has 0 saturated heterocycles. The molecule has 0 aliphatic carbocycles. The number of aryl methyl sites for hydroxylation is 1. The number of nitrogens with zero attached hydrogens (tertiary/aromatic N) is 1. The van der Waals surface area contributed by atoms with Crippen LogP contribution in [0.1, 0.15) is 15.9 Å². The molecule has 0 saturated carbocycles. The Morgan fingerprint density at radius 3 is 2.54 bits per heavy atom. The van der Waals surface area contributed by atoms with E-state index >= 15 is 0 Å². The van der Waals surface area contributed by atoms with Crippen molar-refractivity contribution in [2.24, 2.45) is 0 Å². The topological polar surface area (TPSA) is 92.8 Å². The summed E-state index contributed by atoms with van der Waals surface area (Å²) in [6.07, 6.45) is 0. The Morgan fingerprint density at radius 2 is 1.88 bits per heavy atom. The molecule has 0 bridgehead atoms. The van der Waals surface area contributed by atoms with E-state index in [4.69, 9.17) is 4.74 Å². The Morgan fingerprint density at radius 1 is 1.23 bits per heavy atom. The van der Waals surface area contributed by atoms with Crippen molar-refractivity contribution < 1.29 is 27.1 Å². The average molecular weight is 378 g/mol. The van der Waals surface area contributed by atoms with Gasteiger partial charge in [0.2, 0.25) is 0 Å². The first-order chi connectivity index (χ1) is 12.2. The molecule has 1 aliphatic rings. The molecule has 0 spiro atoms. The Kier molecular flexibility index (Phi) is 4.41. The number of carbonyl (C=O) groups excluding carboxylic acids is 2. The second-order valence-corrected chi connectivity index (χ2v) is 7.73. The van der Waals surface area contributed by atoms with E-state index in [-0.39, 0.29) is 22.9 Å². The van der Waals surface area contributed by atoms with Crippen LogP contribution < -0.4 is 10.1 Å². The van der Waals surface area contributed by atoms with Gasteiger partial charge in [-0.05, 0) is 25.1 Å². The van der Waals surface area contributed by atoms with Gasteiger partial charge in [-0.15, -0.1) is 0 Å². The van der Waals surface area contributed by atoms with Gasteiger partial charge >= 0.3 is 0 Å². The van der Waals surface area contributed by atoms with Crippen LogP contribution in [0, 0.1) is 12.7 Å². The highest BCUT2D eigenvalue weighted by molar-refractivity contribution is 7.89. The van der Waals surface area contributed by atoms with Crippen LogP contribution in [0.3, 0.4) is 0 Å². The minimum Gasteiger partial charge on any atom is -0.481 e. The Hall–Kier alpha value is -2.94. The summed E-state index contributed by atoms with van der Waals surface area (Å²) in [4.78, 5) is 23.9. The largest absolute Gasteiger partial charge is 0.481 e. The van der Waals surface area contributed by atoms with Crippen molar-refractivity contribution >= 4 is 27.5 Å². The number of amides is 2. The average Bonchev–Trinajstić information content (AvgIpc) is 2.60. The molecule has 136 valence electrons. The SMILES string of the molecule is Cc1ccc(S(=O)(=O)N(C)C(=O)c2cc3c(cc2F)OCC(=O)N3)cc1. The van der Waals surface area contributed by atoms with Gasteiger partial charge in [-0.25, -0.2) is 17.1 Å². The van der Waals surface area contributed by atoms with Gasteiger partial charge < -0.3 is 10.1 Å². The number of benzene rings is 2. The lowest BCUT2D eigenvalue weighted by Gasteiger charge is -2.21. The third-order valence-electron chi connectivity index (χ3n) is 3.90. The van der Waals surface area contributed by atoms with Crippen LogP contribution in [-0.4, -0.2) is 38.2 Å². The lowest BCUT2D eigenvalue weighted by atomic mass is 10.1. The zero-order valence-electron chi connectivity index (χ0n) is 13.9. The highest BCUT2D eigenvalue weighted by Crippen LogP contribution is 2.31. The second kappa shape index (κ2) is 6.41. The van der Waals surface area contributed by atoms with Crippen LogP contribution in [0.15, 0.2) is 41.3 Å². The summed E-state index contributed by atoms with van der Waals surface area (Å²) in [5, 5.41) is 2.45. The second-order valence-electron chi connectivity index (χ2n) is 5.76. The van der Waals surface area contributed by atoms with Crippen molar-refractivity contribution in [2.75, 3.05) is 19.0 Å². The number of hydrogen-bond acceptors (Lipinski definition) is 5. The fourth-order valence-corrected chi connectivity index (χ4v) is 3.53. The summed E-state index contributed by atoms with van der Waals surface area (Å²) < 4.78 is 45.0. The lowest BCUT2D eigenvalue weighted by Crippen LogP contribution is -2.34. The predicted molar refractivity (Wildman–Crippen MR) is 91.0 cm³/mol. The summed E-state index contributed by atoms with van der Waals surface area (Å²) in [7, 11) is -3.11. The van der Waals surface area contributed by atoms with Gasteiger partial charge in [-0.2, -0.15) is 0 Å². The van der Waals surface area contributed by atoms with Crippen LogP contribution in [0.4, 0.5) is 10.1 Å². The zero-order chi connectivity index (χ0) is 19.1. The number of sulfonamides is 1. The molecular weight excluding hydrogens is 363 g/mol. The molecule has 9 heteroatoms. The van der Waals surface area contributed by atoms with Crippen LogP contribution >= 0.6 is 0 Å². The van der Waals surface area contributed by atoms with Crippen molar-refractivity contribution in [2.45, 2.75) is 11.8 Å². The van der Waals surface area contributed by atoms with Crippen LogP contribution in [-0.2, 0) is 14.8 Å². The van der Waals surface area contributed by atoms with Gasteiger partial charge in [0.25, 0.3) is 21.8 Å². The number of anilines is 1. The summed E-state index contributed by atoms with van der Waals surface area (Å²) in [6.45, 7) is 1.53. The first-order valence-corrected chi connectivity index (χ1v) is 9.00. The molecule has 0 aromatic heterocycles. The normalized spacial score (nSPS) is 13.4. The van der Waals surface area contributed by atoms with Crippen molar-refractivity contribution in [1.82, 2.24) is 4.31 Å². The lowest BCUT2D eigenvalue weighted by molar-refractivity contribution is -0.118. The smallest absolute Gasteiger partial charge is 0.270 e. The monoisotopic (exact) mass is 378 g/mol. The van der Waals surface area contributed by atoms with Gasteiger partial charge in [0.15, 0.2) is 6.61 Å². The molecule has 2 aromatic rings. The minimum absolute atomic E-state index is 0.0719. The molecule has 0 radical (unpaired) electrons. The number of carbonyl (C=O) groups is 2. The van der Waals surface area contributed by atoms with Gasteiger partial charge in [-0.3, -0.25) is 9.59 Å². The number of hydrogen-bond donors (Lipinski definition) is 1. The summed E-state index contributed by atoms with van der Waals surface area (Å²) in [5.41, 5.74) is 0.467. The van der Waals surface area contributed by atoms with E-state index in [1.165, 1.54) is 12.1 Å². The number of fused-ring (bicyclic) bond motifs is 1. The van der Waals surface area contributed by atoms with Crippen molar-refractivity contribution in [3.8, 4) is 5.75 Å². The standard InChI is InChI=1S/C17H15FN2O5S/c1-10-3-5-11(6-4-10)26(23,24)20(2)17(22)12-7-14-15(8-13(12)18)25-9-16(21)19-14/h3-8H,9H2,1-2H3,(H,19,21). The van der Waals surface area contributed by atoms with E-state index in [2.05, 4.69) is 5.32 Å². The molecule has 7 nitrogen and oxygen atoms in total. The number of nitrogens with one attached hydrogen (secondary N) is 1. The maximum Gasteiger partial charge on any atom is 0.270 e. The Labute approximate surface area is 149 Å². The molecule has 0 atom stereocenters. The third-order valence-corrected chi connectivity index (χ3v) is 5.65. The van der Waals surface area contributed by atoms with Crippen LogP contribution in [0.2, 0.25) is 0 Å². The summed E-state index contributed by atoms with van der Waals surface area (Å²) >= 11 is 0. The van der Waals surface area contributed by atoms with E-state index in [1.54, 1.807) is 19.1 Å². The molecule has 26 heavy (non-hydrogen) atoms. The molecule has 1 heterocycles. The highest BCUT2D eigenvalue weighted by atomic mass is 32.2. The fourth-order valence-electron chi connectivity index (χ4n) is 2.41. The molecule has 1 N–H and O–H groups in total. The number of rotatable bonds is 3. The third kappa shape index (κ3) is 3.13. The van der Waals surface area contributed by atoms with E-state index in [0.717, 1.165) is 24.7 Å². The molecule has 0 unspecified atom stereocenters. The Bertz CT molecular complexity index is 1000. The van der Waals surface area contributed by atoms with Crippen LogP contribution in [0.25, 0.3) is 0 Å². The van der Waals surface area contributed by atoms with Crippen molar-refractivity contribution in [3.63, 3.8) is 0 Å². The van der Waals surface area contributed by atoms with Crippen molar-refractivity contribution in [1.29, 1.82) is 0 Å². The quantitative estimate of drug-likeness (QED) is 0.881. The fraction of sp³-hybridized carbons (Fsp3) is 0.176. The molecular formula is C17H15FN2O5S. The molecule has 1 aliphatic heterocycles. The first kappa shape index (κ1) is 17.9. The Balaban J connectivity index is 1.97. The summed E-state index contributed by atoms with van der Waals surface area (Å²) in [6, 6.07) is 7.92. The first-order valence-electron chi connectivity index (χ1n) is 7.56. The van der Waals surface area contributed by atoms with Gasteiger partial charge in [0, 0.05) is 13.1 Å². The predicted octanol–water partition coefficient (Wildman–Crippen LogP) is 1.93. The maximum absolute atomic E-state index is 14.3. The highest BCUT2D eigenvalue weighted by Gasteiger charge is 2.30. The number of ether oxygens (including phenoxy) is 1. The van der Waals surface area contributed by atoms with Gasteiger partial charge in [0.1, 0.15) is 11.6 Å². The minimum atomic E-state index is -4.15. The molecule has 0 fully saturated rings. The molecule has 3 rings (SSSR count). The maximum atomic E-state index is 14.3. The molecule has 2 amide bonds. The van der Waals surface area contributed by atoms with Gasteiger partial charge in [0.05, 0.1) is 16.1 Å². The van der Waals surface area contributed by atoms with Crippen LogP contribution in [0.5, 0.6) is 5.75 Å². The van der Waals surface area contributed by atoms with E-state index < -0.39 is 33.2 Å². The summed E-state index contributed by atoms with van der Waals surface area (Å²) in [5.74, 6) is -2.40.